The molecule has 1 fully saturated rings. The minimum absolute atomic E-state index is 0.118. The molecule has 0 saturated carbocycles. The number of anilines is 3. The van der Waals surface area contributed by atoms with Gasteiger partial charge in [-0.1, -0.05) is 0 Å². The molecule has 0 atom stereocenters. The first kappa shape index (κ1) is 24.6. The third-order valence-electron chi connectivity index (χ3n) is 6.04. The number of fused-ring (bicyclic) bond motifs is 1. The van der Waals surface area contributed by atoms with E-state index in [2.05, 4.69) is 20.6 Å². The van der Waals surface area contributed by atoms with E-state index in [1.54, 1.807) is 35.0 Å². The van der Waals surface area contributed by atoms with E-state index in [4.69, 9.17) is 20.3 Å². The molecule has 190 valence electrons. The van der Waals surface area contributed by atoms with E-state index >= 15 is 0 Å². The quantitative estimate of drug-likeness (QED) is 0.332. The zero-order chi connectivity index (χ0) is 25.8. The predicted octanol–water partition coefficient (Wildman–Crippen LogP) is 1.32. The van der Waals surface area contributed by atoms with Crippen LogP contribution in [-0.4, -0.2) is 76.0 Å². The van der Waals surface area contributed by atoms with Crippen LogP contribution in [0.1, 0.15) is 23.2 Å². The Morgan fingerprint density at radius 2 is 1.81 bits per heavy atom. The van der Waals surface area contributed by atoms with Gasteiger partial charge >= 0.3 is 11.9 Å². The number of rotatable bonds is 8. The highest BCUT2D eigenvalue weighted by Crippen LogP contribution is 2.30. The van der Waals surface area contributed by atoms with Crippen LogP contribution in [-0.2, 0) is 9.59 Å². The average molecular weight is 498 g/mol. The van der Waals surface area contributed by atoms with Gasteiger partial charge in [-0.05, 0) is 18.8 Å². The summed E-state index contributed by atoms with van der Waals surface area (Å²) in [4.78, 5) is 45.3. The molecule has 0 bridgehead atoms. The third-order valence-corrected chi connectivity index (χ3v) is 6.04. The lowest BCUT2D eigenvalue weighted by molar-refractivity contribution is -0.156. The molecule has 13 heteroatoms. The highest BCUT2D eigenvalue weighted by Gasteiger charge is 2.27. The van der Waals surface area contributed by atoms with Gasteiger partial charge in [0.25, 0.3) is 5.91 Å². The van der Waals surface area contributed by atoms with Crippen LogP contribution in [0.2, 0.25) is 0 Å². The minimum atomic E-state index is -1.44. The molecule has 0 aliphatic carbocycles. The van der Waals surface area contributed by atoms with Crippen LogP contribution < -0.4 is 25.8 Å². The van der Waals surface area contributed by atoms with Gasteiger partial charge in [-0.2, -0.15) is 4.98 Å². The summed E-state index contributed by atoms with van der Waals surface area (Å²) >= 11 is 0. The molecule has 1 aliphatic rings. The van der Waals surface area contributed by atoms with Gasteiger partial charge in [0.05, 0.1) is 14.2 Å². The van der Waals surface area contributed by atoms with Gasteiger partial charge in [0.2, 0.25) is 5.95 Å². The summed E-state index contributed by atoms with van der Waals surface area (Å²) in [6.07, 6.45) is 4.51. The number of hydrogen-bond donors (Lipinski definition) is 4. The Kier molecular flexibility index (Phi) is 7.08. The van der Waals surface area contributed by atoms with Crippen molar-refractivity contribution in [2.45, 2.75) is 12.8 Å². The number of primary amides is 1. The normalized spacial score (nSPS) is 13.9. The number of carboxylic acid groups (broad SMARTS) is 1. The van der Waals surface area contributed by atoms with E-state index in [0.29, 0.717) is 61.3 Å². The van der Waals surface area contributed by atoms with Crippen molar-refractivity contribution in [3.8, 4) is 11.5 Å². The molecule has 36 heavy (non-hydrogen) atoms. The average Bonchev–Trinajstić information content (AvgIpc) is 3.36. The standard InChI is InChI=1S/C23H27N7O6/c1-35-15-9-14(10-16(11-15)36-2)27-19-17(18(24)31)20-25-5-8-30(20)23(28-19)26-12-13-3-6-29(7-4-13)21(32)22(33)34/h5,8-11,13,27H,3-4,6-7,12H2,1-2H3,(H2,24,31)(H,26,28)(H,33,34). The molecule has 1 saturated heterocycles. The predicted molar refractivity (Wildman–Crippen MR) is 130 cm³/mol. The number of nitrogens with two attached hydrogens (primary N) is 1. The molecule has 2 aromatic heterocycles. The van der Waals surface area contributed by atoms with E-state index in [0.717, 1.165) is 0 Å². The summed E-state index contributed by atoms with van der Waals surface area (Å²) in [7, 11) is 3.07. The summed E-state index contributed by atoms with van der Waals surface area (Å²) in [6, 6.07) is 5.17. The zero-order valence-electron chi connectivity index (χ0n) is 19.9. The maximum absolute atomic E-state index is 12.4. The lowest BCUT2D eigenvalue weighted by Gasteiger charge is -2.31. The molecule has 2 amide bonds. The van der Waals surface area contributed by atoms with Gasteiger partial charge < -0.3 is 35.8 Å². The Balaban J connectivity index is 1.58. The number of imidazole rings is 1. The molecule has 4 rings (SSSR count). The number of nitrogens with zero attached hydrogens (tertiary/aromatic N) is 4. The van der Waals surface area contributed by atoms with Gasteiger partial charge in [0.15, 0.2) is 11.5 Å². The van der Waals surface area contributed by atoms with Crippen LogP contribution >= 0.6 is 0 Å². The Bertz CT molecular complexity index is 1280. The second-order valence-electron chi connectivity index (χ2n) is 8.29. The zero-order valence-corrected chi connectivity index (χ0v) is 19.9. The smallest absolute Gasteiger partial charge is 0.394 e. The molecule has 0 unspecified atom stereocenters. The first-order valence-corrected chi connectivity index (χ1v) is 11.2. The Morgan fingerprint density at radius 3 is 2.39 bits per heavy atom. The molecule has 3 aromatic rings. The Hall–Kier alpha value is -4.55. The molecule has 3 heterocycles. The number of likely N-dealkylation sites (tertiary alicyclic amines) is 1. The van der Waals surface area contributed by atoms with Crippen LogP contribution in [0.5, 0.6) is 11.5 Å². The largest absolute Gasteiger partial charge is 0.497 e. The second kappa shape index (κ2) is 10.4. The number of aliphatic carboxylic acids is 1. The Labute approximate surface area is 206 Å². The van der Waals surface area contributed by atoms with Crippen molar-refractivity contribution >= 4 is 40.9 Å². The van der Waals surface area contributed by atoms with Gasteiger partial charge in [0, 0.05) is 55.9 Å². The van der Waals surface area contributed by atoms with Gasteiger partial charge in [0.1, 0.15) is 17.1 Å². The van der Waals surface area contributed by atoms with E-state index in [1.165, 1.54) is 19.1 Å². The van der Waals surface area contributed by atoms with Crippen LogP contribution in [0.15, 0.2) is 30.6 Å². The summed E-state index contributed by atoms with van der Waals surface area (Å²) in [5, 5.41) is 15.3. The summed E-state index contributed by atoms with van der Waals surface area (Å²) in [6.45, 7) is 1.27. The van der Waals surface area contributed by atoms with E-state index in [-0.39, 0.29) is 17.3 Å². The number of nitrogens with one attached hydrogen (secondary N) is 2. The highest BCUT2D eigenvalue weighted by molar-refractivity contribution is 6.31. The molecular weight excluding hydrogens is 470 g/mol. The van der Waals surface area contributed by atoms with Gasteiger partial charge in [-0.3, -0.25) is 14.0 Å². The number of methoxy groups -OCH3 is 2. The van der Waals surface area contributed by atoms with Crippen molar-refractivity contribution < 1.29 is 29.0 Å². The molecule has 0 spiro atoms. The summed E-state index contributed by atoms with van der Waals surface area (Å²) in [5.74, 6) is -1.08. The molecule has 1 aromatic carbocycles. The molecular formula is C23H27N7O6. The highest BCUT2D eigenvalue weighted by atomic mass is 16.5. The molecule has 13 nitrogen and oxygen atoms in total. The van der Waals surface area contributed by atoms with Gasteiger partial charge in [-0.25, -0.2) is 9.78 Å². The second-order valence-corrected chi connectivity index (χ2v) is 8.29. The van der Waals surface area contributed by atoms with Gasteiger partial charge in [-0.15, -0.1) is 0 Å². The number of piperidine rings is 1. The van der Waals surface area contributed by atoms with Crippen LogP contribution in [0, 0.1) is 5.92 Å². The lowest BCUT2D eigenvalue weighted by Crippen LogP contribution is -2.43. The number of carbonyl (C=O) groups excluding carboxylic acids is 2. The monoisotopic (exact) mass is 497 g/mol. The fraction of sp³-hybridized carbons (Fsp3) is 0.348. The number of carbonyl (C=O) groups is 3. The maximum Gasteiger partial charge on any atom is 0.394 e. The SMILES string of the molecule is COc1cc(Nc2nc(NCC3CCN(C(=O)C(=O)O)CC3)n3ccnc3c2C(N)=O)cc(OC)c1. The van der Waals surface area contributed by atoms with Crippen LogP contribution in [0.3, 0.4) is 0 Å². The molecule has 1 aliphatic heterocycles. The lowest BCUT2D eigenvalue weighted by atomic mass is 9.97. The third kappa shape index (κ3) is 5.09. The van der Waals surface area contributed by atoms with Crippen molar-refractivity contribution in [3.05, 3.63) is 36.2 Å². The van der Waals surface area contributed by atoms with Crippen molar-refractivity contribution in [1.29, 1.82) is 0 Å². The maximum atomic E-state index is 12.4. The van der Waals surface area contributed by atoms with E-state index in [9.17, 15) is 14.4 Å². The number of aromatic nitrogens is 3. The van der Waals surface area contributed by atoms with Crippen molar-refractivity contribution in [1.82, 2.24) is 19.3 Å². The summed E-state index contributed by atoms with van der Waals surface area (Å²) in [5.41, 5.74) is 6.71. The van der Waals surface area contributed by atoms with Crippen LogP contribution in [0.4, 0.5) is 17.5 Å². The number of amides is 2. The molecule has 0 radical (unpaired) electrons. The minimum Gasteiger partial charge on any atom is -0.497 e. The van der Waals surface area contributed by atoms with E-state index < -0.39 is 17.8 Å². The summed E-state index contributed by atoms with van der Waals surface area (Å²) < 4.78 is 12.3. The Morgan fingerprint density at radius 1 is 1.14 bits per heavy atom. The number of hydrogen-bond acceptors (Lipinski definition) is 9. The first-order valence-electron chi connectivity index (χ1n) is 11.2. The number of carboxylic acids is 1. The van der Waals surface area contributed by atoms with Crippen LogP contribution in [0.25, 0.3) is 5.65 Å². The first-order chi connectivity index (χ1) is 17.3. The van der Waals surface area contributed by atoms with Crippen molar-refractivity contribution in [3.63, 3.8) is 0 Å². The number of ether oxygens (including phenoxy) is 2. The number of benzene rings is 1. The fourth-order valence-electron chi connectivity index (χ4n) is 4.15. The van der Waals surface area contributed by atoms with Crippen molar-refractivity contribution in [2.24, 2.45) is 11.7 Å². The fourth-order valence-corrected chi connectivity index (χ4v) is 4.15. The molecule has 5 N–H and O–H groups in total. The van der Waals surface area contributed by atoms with E-state index in [1.807, 2.05) is 0 Å². The topological polar surface area (TPSA) is 173 Å². The van der Waals surface area contributed by atoms with Crippen molar-refractivity contribution in [2.75, 3.05) is 44.5 Å².